The van der Waals surface area contributed by atoms with E-state index in [2.05, 4.69) is 4.98 Å². The van der Waals surface area contributed by atoms with Crippen molar-refractivity contribution in [2.75, 3.05) is 0 Å². The number of aromatic nitrogens is 1. The fourth-order valence-corrected chi connectivity index (χ4v) is 3.84. The van der Waals surface area contributed by atoms with Crippen molar-refractivity contribution in [1.82, 2.24) is 4.98 Å². The molecule has 5 N–H and O–H groups in total. The predicted molar refractivity (Wildman–Crippen MR) is 68.0 cm³/mol. The minimum absolute atomic E-state index is 0.0942. The van der Waals surface area contributed by atoms with Crippen LogP contribution in [-0.4, -0.2) is 34.7 Å². The molecule has 11 heteroatoms. The molecule has 0 aromatic carbocycles. The molecular formula is C9H17NO8P2. The van der Waals surface area contributed by atoms with Crippen LogP contribution in [0.5, 0.6) is 0 Å². The molecule has 0 unspecified atom stereocenters. The van der Waals surface area contributed by atoms with E-state index < -0.39 is 26.7 Å². The molecule has 0 saturated carbocycles. The molecule has 0 fully saturated rings. The third-order valence-corrected chi connectivity index (χ3v) is 6.79. The average molecular weight is 329 g/mol. The Labute approximate surface area is 115 Å². The molecule has 1 aromatic heterocycles. The zero-order valence-electron chi connectivity index (χ0n) is 10.9. The molecule has 0 aliphatic heterocycles. The zero-order chi connectivity index (χ0) is 15.8. The van der Waals surface area contributed by atoms with E-state index in [9.17, 15) is 14.2 Å². The van der Waals surface area contributed by atoms with E-state index in [-0.39, 0.29) is 18.7 Å². The van der Waals surface area contributed by atoms with E-state index in [0.717, 1.165) is 0 Å². The number of aryl methyl sites for hydroxylation is 3. The van der Waals surface area contributed by atoms with E-state index in [0.29, 0.717) is 11.5 Å². The summed E-state index contributed by atoms with van der Waals surface area (Å²) in [6.45, 7) is 3.40. The maximum atomic E-state index is 11.1. The molecule has 0 atom stereocenters. The molecule has 0 saturated heterocycles. The first-order valence-electron chi connectivity index (χ1n) is 5.65. The number of oxazole rings is 1. The highest BCUT2D eigenvalue weighted by Gasteiger charge is 2.58. The Morgan fingerprint density at radius 2 is 1.65 bits per heavy atom. The molecule has 0 bridgehead atoms. The second kappa shape index (κ2) is 5.69. The first-order valence-corrected chi connectivity index (χ1v) is 8.87. The Hall–Kier alpha value is -0.530. The van der Waals surface area contributed by atoms with Gasteiger partial charge >= 0.3 is 15.2 Å². The normalized spacial score (nSPS) is 13.8. The first kappa shape index (κ1) is 17.5. The molecule has 20 heavy (non-hydrogen) atoms. The van der Waals surface area contributed by atoms with Crippen LogP contribution in [0.1, 0.15) is 30.2 Å². The van der Waals surface area contributed by atoms with Crippen LogP contribution >= 0.6 is 15.2 Å². The molecule has 1 heterocycles. The van der Waals surface area contributed by atoms with Gasteiger partial charge in [0.2, 0.25) is 0 Å². The van der Waals surface area contributed by atoms with Crippen molar-refractivity contribution in [2.24, 2.45) is 0 Å². The van der Waals surface area contributed by atoms with Crippen molar-refractivity contribution in [3.8, 4) is 0 Å². The second-order valence-electron chi connectivity index (χ2n) is 4.47. The average Bonchev–Trinajstić information content (AvgIpc) is 2.54. The van der Waals surface area contributed by atoms with Crippen LogP contribution in [-0.2, 0) is 15.6 Å². The molecule has 116 valence electrons. The van der Waals surface area contributed by atoms with Gasteiger partial charge in [-0.3, -0.25) is 9.13 Å². The third-order valence-electron chi connectivity index (χ3n) is 2.91. The van der Waals surface area contributed by atoms with Gasteiger partial charge in [0.05, 0.1) is 5.69 Å². The summed E-state index contributed by atoms with van der Waals surface area (Å²) in [5, 5.41) is 6.27. The minimum atomic E-state index is -5.39. The maximum Gasteiger partial charge on any atom is 0.369 e. The smallest absolute Gasteiger partial charge is 0.369 e. The lowest BCUT2D eigenvalue weighted by molar-refractivity contribution is 0.120. The summed E-state index contributed by atoms with van der Waals surface area (Å²) in [4.78, 5) is 39.8. The third kappa shape index (κ3) is 3.56. The van der Waals surface area contributed by atoms with Gasteiger partial charge in [-0.2, -0.15) is 0 Å². The van der Waals surface area contributed by atoms with Crippen LogP contribution in [0.4, 0.5) is 0 Å². The topological polar surface area (TPSA) is 161 Å². The van der Waals surface area contributed by atoms with Crippen molar-refractivity contribution >= 4 is 15.2 Å². The summed E-state index contributed by atoms with van der Waals surface area (Å²) in [5.74, 6) is 0.860. The van der Waals surface area contributed by atoms with Crippen LogP contribution in [0, 0.1) is 13.8 Å². The van der Waals surface area contributed by atoms with Gasteiger partial charge in [0.15, 0.2) is 5.89 Å². The fourth-order valence-electron chi connectivity index (χ4n) is 1.58. The van der Waals surface area contributed by atoms with E-state index in [1.165, 1.54) is 0 Å². The Morgan fingerprint density at radius 3 is 2.00 bits per heavy atom. The first-order chi connectivity index (χ1) is 8.88. The molecule has 0 amide bonds. The molecule has 0 spiro atoms. The van der Waals surface area contributed by atoms with Gasteiger partial charge < -0.3 is 29.1 Å². The van der Waals surface area contributed by atoms with Crippen LogP contribution in [0.3, 0.4) is 0 Å². The largest absolute Gasteiger partial charge is 0.446 e. The van der Waals surface area contributed by atoms with Gasteiger partial charge in [-0.1, -0.05) is 0 Å². The number of hydrogen-bond acceptors (Lipinski definition) is 5. The van der Waals surface area contributed by atoms with E-state index in [1.54, 1.807) is 13.8 Å². The molecular weight excluding hydrogens is 312 g/mol. The van der Waals surface area contributed by atoms with E-state index in [1.807, 2.05) is 0 Å². The van der Waals surface area contributed by atoms with Crippen molar-refractivity contribution in [2.45, 2.75) is 38.2 Å². The van der Waals surface area contributed by atoms with Gasteiger partial charge in [-0.15, -0.1) is 0 Å². The van der Waals surface area contributed by atoms with E-state index in [4.69, 9.17) is 24.0 Å². The molecule has 9 nitrogen and oxygen atoms in total. The van der Waals surface area contributed by atoms with Crippen molar-refractivity contribution in [3.05, 3.63) is 17.3 Å². The van der Waals surface area contributed by atoms with Crippen molar-refractivity contribution < 1.29 is 38.2 Å². The van der Waals surface area contributed by atoms with Crippen LogP contribution in [0.25, 0.3) is 0 Å². The maximum absolute atomic E-state index is 11.1. The van der Waals surface area contributed by atoms with Crippen LogP contribution in [0.15, 0.2) is 4.42 Å². The Bertz CT molecular complexity index is 529. The second-order valence-corrected chi connectivity index (χ2v) is 8.47. The van der Waals surface area contributed by atoms with Crippen LogP contribution in [0.2, 0.25) is 0 Å². The Balaban J connectivity index is 2.79. The van der Waals surface area contributed by atoms with Crippen molar-refractivity contribution in [1.29, 1.82) is 0 Å². The molecule has 0 aliphatic rings. The molecule has 0 aliphatic carbocycles. The summed E-state index contributed by atoms with van der Waals surface area (Å²) in [6, 6.07) is 0. The lowest BCUT2D eigenvalue weighted by atomic mass is 10.2. The lowest BCUT2D eigenvalue weighted by Gasteiger charge is -2.28. The van der Waals surface area contributed by atoms with Crippen molar-refractivity contribution in [3.63, 3.8) is 0 Å². The highest BCUT2D eigenvalue weighted by atomic mass is 31.2. The highest BCUT2D eigenvalue weighted by Crippen LogP contribution is 2.69. The molecule has 0 radical (unpaired) electrons. The quantitative estimate of drug-likeness (QED) is 0.471. The van der Waals surface area contributed by atoms with Gasteiger partial charge in [-0.25, -0.2) is 4.98 Å². The van der Waals surface area contributed by atoms with Gasteiger partial charge in [-0.05, 0) is 20.3 Å². The highest BCUT2D eigenvalue weighted by molar-refractivity contribution is 7.72. The minimum Gasteiger partial charge on any atom is -0.446 e. The standard InChI is InChI=1S/C9H17NO8P2/c1-6-7(2)18-8(10-6)4-3-5-9(11,19(12,13)14)20(15,16)17/h11H,3-5H2,1-2H3,(H2,12,13,14)(H2,15,16,17). The summed E-state index contributed by atoms with van der Waals surface area (Å²) < 4.78 is 27.4. The van der Waals surface area contributed by atoms with Gasteiger partial charge in [0.25, 0.3) is 5.08 Å². The SMILES string of the molecule is Cc1nc(CCCC(O)(P(=O)(O)O)P(=O)(O)O)oc1C. The zero-order valence-corrected chi connectivity index (χ0v) is 12.7. The Kier molecular flexibility index (Phi) is 4.99. The lowest BCUT2D eigenvalue weighted by Crippen LogP contribution is -2.28. The van der Waals surface area contributed by atoms with Crippen LogP contribution < -0.4 is 0 Å². The van der Waals surface area contributed by atoms with E-state index >= 15 is 0 Å². The molecule has 1 rings (SSSR count). The molecule has 1 aromatic rings. The summed E-state index contributed by atoms with van der Waals surface area (Å²) in [6.07, 6.45) is -0.787. The number of nitrogens with zero attached hydrogens (tertiary/aromatic N) is 1. The van der Waals surface area contributed by atoms with Gasteiger partial charge in [0.1, 0.15) is 5.76 Å². The number of aliphatic hydroxyl groups is 1. The number of hydrogen-bond donors (Lipinski definition) is 5. The summed E-state index contributed by atoms with van der Waals surface area (Å²) in [7, 11) is -10.8. The summed E-state index contributed by atoms with van der Waals surface area (Å²) in [5.41, 5.74) is 0.653. The predicted octanol–water partition coefficient (Wildman–Crippen LogP) is 0.616. The monoisotopic (exact) mass is 329 g/mol. The Morgan fingerprint density at radius 1 is 1.15 bits per heavy atom. The fraction of sp³-hybridized carbons (Fsp3) is 0.667. The summed E-state index contributed by atoms with van der Waals surface area (Å²) >= 11 is 0. The number of rotatable bonds is 6. The van der Waals surface area contributed by atoms with Gasteiger partial charge in [0, 0.05) is 12.8 Å².